The molecule has 0 bridgehead atoms. The molecule has 0 saturated carbocycles. The van der Waals surface area contributed by atoms with Crippen molar-refractivity contribution in [2.24, 2.45) is 0 Å². The third-order valence-corrected chi connectivity index (χ3v) is 3.06. The molecule has 0 fully saturated rings. The van der Waals surface area contributed by atoms with E-state index in [1.165, 1.54) is 12.3 Å². The third kappa shape index (κ3) is 2.93. The van der Waals surface area contributed by atoms with Gasteiger partial charge in [-0.15, -0.1) is 0 Å². The number of aromatic nitrogens is 1. The standard InChI is InChI=1S/C13H10BrF2N3O/c1-6-9(4-8(17)5-18-6)13(20)19-12-10(15)2-7(14)3-11(12)16/h2-5H,17H2,1H3,(H,19,20). The Morgan fingerprint density at radius 2 is 1.90 bits per heavy atom. The Morgan fingerprint density at radius 1 is 1.30 bits per heavy atom. The van der Waals surface area contributed by atoms with Crippen LogP contribution in [0.3, 0.4) is 0 Å². The number of carbonyl (C=O) groups excluding carboxylic acids is 1. The van der Waals surface area contributed by atoms with Crippen LogP contribution in [0.1, 0.15) is 16.1 Å². The number of rotatable bonds is 2. The Morgan fingerprint density at radius 3 is 2.50 bits per heavy atom. The van der Waals surface area contributed by atoms with Crippen LogP contribution in [0, 0.1) is 18.6 Å². The highest BCUT2D eigenvalue weighted by Gasteiger charge is 2.16. The van der Waals surface area contributed by atoms with Crippen molar-refractivity contribution in [2.75, 3.05) is 11.1 Å². The Balaban J connectivity index is 2.35. The largest absolute Gasteiger partial charge is 0.397 e. The summed E-state index contributed by atoms with van der Waals surface area (Å²) in [5, 5.41) is 2.18. The van der Waals surface area contributed by atoms with Gasteiger partial charge >= 0.3 is 0 Å². The zero-order valence-corrected chi connectivity index (χ0v) is 12.0. The third-order valence-electron chi connectivity index (χ3n) is 2.60. The lowest BCUT2D eigenvalue weighted by Crippen LogP contribution is -2.16. The molecule has 1 aromatic carbocycles. The van der Waals surface area contributed by atoms with Gasteiger partial charge in [0.2, 0.25) is 0 Å². The highest BCUT2D eigenvalue weighted by atomic mass is 79.9. The maximum Gasteiger partial charge on any atom is 0.257 e. The van der Waals surface area contributed by atoms with Gasteiger partial charge in [-0.25, -0.2) is 8.78 Å². The van der Waals surface area contributed by atoms with Crippen molar-refractivity contribution in [3.63, 3.8) is 0 Å². The molecule has 0 aliphatic rings. The molecular formula is C13H10BrF2N3O. The second kappa shape index (κ2) is 5.54. The number of nitrogens with zero attached hydrogens (tertiary/aromatic N) is 1. The van der Waals surface area contributed by atoms with Gasteiger partial charge in [0.05, 0.1) is 23.1 Å². The molecule has 1 amide bonds. The van der Waals surface area contributed by atoms with Crippen molar-refractivity contribution >= 4 is 33.2 Å². The highest BCUT2D eigenvalue weighted by molar-refractivity contribution is 9.10. The minimum atomic E-state index is -0.875. The van der Waals surface area contributed by atoms with Crippen LogP contribution < -0.4 is 11.1 Å². The molecule has 0 atom stereocenters. The van der Waals surface area contributed by atoms with E-state index >= 15 is 0 Å². The summed E-state index contributed by atoms with van der Waals surface area (Å²) in [4.78, 5) is 15.9. The van der Waals surface area contributed by atoms with Gasteiger partial charge < -0.3 is 11.1 Å². The molecule has 0 unspecified atom stereocenters. The predicted octanol–water partition coefficient (Wildman–Crippen LogP) is 3.27. The van der Waals surface area contributed by atoms with Crippen LogP contribution in [-0.4, -0.2) is 10.9 Å². The number of carbonyl (C=O) groups is 1. The molecule has 3 N–H and O–H groups in total. The van der Waals surface area contributed by atoms with Crippen molar-refractivity contribution < 1.29 is 13.6 Å². The minimum Gasteiger partial charge on any atom is -0.397 e. The lowest BCUT2D eigenvalue weighted by atomic mass is 10.1. The molecule has 2 aromatic rings. The first-order valence-electron chi connectivity index (χ1n) is 5.56. The van der Waals surface area contributed by atoms with Gasteiger partial charge in [0.25, 0.3) is 5.91 Å². The van der Waals surface area contributed by atoms with Gasteiger partial charge in [0, 0.05) is 4.47 Å². The summed E-state index contributed by atoms with van der Waals surface area (Å²) in [7, 11) is 0. The Bertz CT molecular complexity index is 668. The quantitative estimate of drug-likeness (QED) is 0.880. The number of halogens is 3. The first-order valence-corrected chi connectivity index (χ1v) is 6.36. The molecule has 0 spiro atoms. The lowest BCUT2D eigenvalue weighted by molar-refractivity contribution is 0.102. The van der Waals surface area contributed by atoms with Gasteiger partial charge in [0.1, 0.15) is 5.69 Å². The summed E-state index contributed by atoms with van der Waals surface area (Å²) in [6.45, 7) is 1.60. The number of nitrogens with two attached hydrogens (primary N) is 1. The zero-order chi connectivity index (χ0) is 14.9. The number of nitrogen functional groups attached to an aromatic ring is 1. The van der Waals surface area contributed by atoms with Gasteiger partial charge in [-0.05, 0) is 25.1 Å². The summed E-state index contributed by atoms with van der Waals surface area (Å²) in [6.07, 6.45) is 1.40. The average Bonchev–Trinajstić information content (AvgIpc) is 2.36. The van der Waals surface area contributed by atoms with E-state index in [2.05, 4.69) is 26.2 Å². The van der Waals surface area contributed by atoms with Crippen LogP contribution in [-0.2, 0) is 0 Å². The topological polar surface area (TPSA) is 68.0 Å². The van der Waals surface area contributed by atoms with Crippen molar-refractivity contribution in [1.82, 2.24) is 4.98 Å². The fraction of sp³-hybridized carbons (Fsp3) is 0.0769. The van der Waals surface area contributed by atoms with Crippen molar-refractivity contribution in [1.29, 1.82) is 0 Å². The van der Waals surface area contributed by atoms with E-state index in [1.807, 2.05) is 0 Å². The first-order chi connectivity index (χ1) is 9.38. The molecule has 0 radical (unpaired) electrons. The van der Waals surface area contributed by atoms with Crippen LogP contribution in [0.5, 0.6) is 0 Å². The Labute approximate surface area is 122 Å². The first kappa shape index (κ1) is 14.4. The number of hydrogen-bond acceptors (Lipinski definition) is 3. The molecule has 1 aromatic heterocycles. The number of benzene rings is 1. The van der Waals surface area contributed by atoms with Crippen LogP contribution in [0.2, 0.25) is 0 Å². The van der Waals surface area contributed by atoms with Crippen molar-refractivity contribution in [3.05, 3.63) is 51.8 Å². The summed E-state index contributed by atoms with van der Waals surface area (Å²) in [5.74, 6) is -2.43. The summed E-state index contributed by atoms with van der Waals surface area (Å²) < 4.78 is 27.5. The number of anilines is 2. The maximum atomic E-state index is 13.6. The van der Waals surface area contributed by atoms with Crippen molar-refractivity contribution in [3.8, 4) is 0 Å². The molecule has 4 nitrogen and oxygen atoms in total. The maximum absolute atomic E-state index is 13.6. The monoisotopic (exact) mass is 341 g/mol. The fourth-order valence-electron chi connectivity index (χ4n) is 1.62. The van der Waals surface area contributed by atoms with Crippen LogP contribution in [0.4, 0.5) is 20.2 Å². The number of aryl methyl sites for hydroxylation is 1. The van der Waals surface area contributed by atoms with Crippen molar-refractivity contribution in [2.45, 2.75) is 6.92 Å². The highest BCUT2D eigenvalue weighted by Crippen LogP contribution is 2.24. The van der Waals surface area contributed by atoms with Gasteiger partial charge in [-0.2, -0.15) is 0 Å². The van der Waals surface area contributed by atoms with E-state index in [1.54, 1.807) is 6.92 Å². The number of amides is 1. The van der Waals surface area contributed by atoms with Gasteiger partial charge in [-0.3, -0.25) is 9.78 Å². The summed E-state index contributed by atoms with van der Waals surface area (Å²) >= 11 is 2.96. The van der Waals surface area contributed by atoms with Gasteiger partial charge in [-0.1, -0.05) is 15.9 Å². The minimum absolute atomic E-state index is 0.159. The molecule has 0 aliphatic carbocycles. The summed E-state index contributed by atoms with van der Waals surface area (Å²) in [6, 6.07) is 3.51. The van der Waals surface area contributed by atoms with E-state index in [4.69, 9.17) is 5.73 Å². The molecule has 0 saturated heterocycles. The van der Waals surface area contributed by atoms with Gasteiger partial charge in [0.15, 0.2) is 11.6 Å². The van der Waals surface area contributed by atoms with E-state index < -0.39 is 23.2 Å². The average molecular weight is 342 g/mol. The number of hydrogen-bond donors (Lipinski definition) is 2. The van der Waals surface area contributed by atoms with Crippen LogP contribution in [0.25, 0.3) is 0 Å². The second-order valence-electron chi connectivity index (χ2n) is 4.10. The fourth-order valence-corrected chi connectivity index (χ4v) is 2.02. The molecular weight excluding hydrogens is 332 g/mol. The molecule has 7 heteroatoms. The Hall–Kier alpha value is -2.02. The normalized spacial score (nSPS) is 10.4. The number of pyridine rings is 1. The molecule has 0 aliphatic heterocycles. The SMILES string of the molecule is Cc1ncc(N)cc1C(=O)Nc1c(F)cc(Br)cc1F. The number of nitrogens with one attached hydrogen (secondary N) is 1. The molecule has 2 rings (SSSR count). The van der Waals surface area contributed by atoms with E-state index in [-0.39, 0.29) is 15.7 Å². The van der Waals surface area contributed by atoms with Crippen LogP contribution >= 0.6 is 15.9 Å². The molecule has 1 heterocycles. The van der Waals surface area contributed by atoms with E-state index in [0.717, 1.165) is 12.1 Å². The second-order valence-corrected chi connectivity index (χ2v) is 5.02. The Kier molecular flexibility index (Phi) is 3.99. The zero-order valence-electron chi connectivity index (χ0n) is 10.4. The van der Waals surface area contributed by atoms with E-state index in [9.17, 15) is 13.6 Å². The predicted molar refractivity (Wildman–Crippen MR) is 75.4 cm³/mol. The van der Waals surface area contributed by atoms with E-state index in [0.29, 0.717) is 5.69 Å². The van der Waals surface area contributed by atoms with Crippen LogP contribution in [0.15, 0.2) is 28.9 Å². The molecule has 104 valence electrons. The molecule has 20 heavy (non-hydrogen) atoms. The summed E-state index contributed by atoms with van der Waals surface area (Å²) in [5.41, 5.74) is 5.89. The lowest BCUT2D eigenvalue weighted by Gasteiger charge is -2.10. The smallest absolute Gasteiger partial charge is 0.257 e.